The molecule has 1 N–H and O–H groups in total. The van der Waals surface area contributed by atoms with Gasteiger partial charge in [0.05, 0.1) is 6.04 Å². The van der Waals surface area contributed by atoms with Crippen molar-refractivity contribution in [2.75, 3.05) is 0 Å². The summed E-state index contributed by atoms with van der Waals surface area (Å²) in [6.07, 6.45) is 0.724. The van der Waals surface area contributed by atoms with Gasteiger partial charge in [-0.15, -0.1) is 0 Å². The number of nitrogens with one attached hydrogen (secondary N) is 1. The molecule has 6 heteroatoms. The van der Waals surface area contributed by atoms with Crippen molar-refractivity contribution in [3.63, 3.8) is 0 Å². The van der Waals surface area contributed by atoms with Crippen LogP contribution in [0.25, 0.3) is 0 Å². The van der Waals surface area contributed by atoms with E-state index in [1.165, 1.54) is 0 Å². The molecule has 0 aromatic heterocycles. The van der Waals surface area contributed by atoms with Crippen LogP contribution in [-0.4, -0.2) is 17.4 Å². The van der Waals surface area contributed by atoms with Crippen molar-refractivity contribution in [1.29, 1.82) is 0 Å². The number of benzene rings is 1. The van der Waals surface area contributed by atoms with Gasteiger partial charge in [0.25, 0.3) is 0 Å². The molecule has 0 fully saturated rings. The van der Waals surface area contributed by atoms with Crippen molar-refractivity contribution in [3.8, 4) is 0 Å². The molecule has 0 saturated carbocycles. The molecule has 0 aliphatic rings. The molecule has 136 valence electrons. The van der Waals surface area contributed by atoms with Crippen LogP contribution in [0.4, 0.5) is 0 Å². The summed E-state index contributed by atoms with van der Waals surface area (Å²) in [4.78, 5) is 12.6. The second-order valence-corrected chi connectivity index (χ2v) is 7.17. The summed E-state index contributed by atoms with van der Waals surface area (Å²) in [6.45, 7) is 12.2. The minimum absolute atomic E-state index is 0. The first kappa shape index (κ1) is 36.4. The largest absolute Gasteiger partial charge is 0.302 e. The first-order valence-electron chi connectivity index (χ1n) is 6.86. The fourth-order valence-corrected chi connectivity index (χ4v) is 2.05. The molecule has 24 heavy (non-hydrogen) atoms. The molecule has 1 rings (SSSR count). The summed E-state index contributed by atoms with van der Waals surface area (Å²) in [6, 6.07) is 10.7. The van der Waals surface area contributed by atoms with E-state index in [1.54, 1.807) is 0 Å². The molecule has 0 aliphatic carbocycles. The second-order valence-electron chi connectivity index (χ2n) is 7.17. The third-order valence-electron chi connectivity index (χ3n) is 2.89. The van der Waals surface area contributed by atoms with Crippen LogP contribution in [0.5, 0.6) is 0 Å². The Balaban J connectivity index is -0.000000241. The smallest absolute Gasteiger partial charge is 0.155 e. The van der Waals surface area contributed by atoms with E-state index in [0.29, 0.717) is 0 Å². The van der Waals surface area contributed by atoms with E-state index in [2.05, 4.69) is 32.2 Å². The van der Waals surface area contributed by atoms with Crippen LogP contribution in [0, 0.1) is 18.9 Å². The Morgan fingerprint density at radius 2 is 1.42 bits per heavy atom. The van der Waals surface area contributed by atoms with Crippen LogP contribution in [0.3, 0.4) is 0 Å². The van der Waals surface area contributed by atoms with Crippen LogP contribution in [0.1, 0.15) is 47.1 Å². The summed E-state index contributed by atoms with van der Waals surface area (Å²) in [7, 11) is 0. The van der Waals surface area contributed by atoms with Crippen molar-refractivity contribution >= 4 is 5.78 Å². The van der Waals surface area contributed by atoms with Crippen LogP contribution < -0.4 is 5.32 Å². The van der Waals surface area contributed by atoms with E-state index in [-0.39, 0.29) is 114 Å². The van der Waals surface area contributed by atoms with Crippen LogP contribution in [-0.2, 0) is 95.5 Å². The standard InChI is InChI=1S/C17H26NO.CH3.4W/c1-16(2,3)15(19)14(18-17(4,5)6)12-13-10-8-7-9-11-13;;;;;/h8-11,14,18H,12H2,1-6H3;1H3;;;;/q-1;+1;;;;/t14-;;;;;/m0...../s1. The molecule has 0 amide bonds. The SMILES string of the molecule is CC(C)(C)N[C@@H](Cc1cc[c-]cc1)C(=O)C(C)(C)C.[CH3+].[W].[W].[W].[W]. The molecular weight excluding hydrogens is 982 g/mol. The molecule has 0 spiro atoms. The fourth-order valence-electron chi connectivity index (χ4n) is 2.05. The number of ketones is 1. The summed E-state index contributed by atoms with van der Waals surface area (Å²) in [5, 5.41) is 3.45. The van der Waals surface area contributed by atoms with E-state index in [9.17, 15) is 4.79 Å². The average Bonchev–Trinajstić information content (AvgIpc) is 2.25. The quantitative estimate of drug-likeness (QED) is 0.466. The number of carbonyl (C=O) groups excluding carboxylic acids is 1. The monoisotopic (exact) mass is 1010 g/mol. The topological polar surface area (TPSA) is 29.1 Å². The van der Waals surface area contributed by atoms with Gasteiger partial charge in [-0.25, -0.2) is 0 Å². The number of hydrogen-bond donors (Lipinski definition) is 1. The summed E-state index contributed by atoms with van der Waals surface area (Å²) >= 11 is 0. The van der Waals surface area contributed by atoms with Gasteiger partial charge in [0, 0.05) is 103 Å². The van der Waals surface area contributed by atoms with Crippen molar-refractivity contribution in [2.45, 2.75) is 59.5 Å². The maximum atomic E-state index is 12.6. The molecule has 0 heterocycles. The summed E-state index contributed by atoms with van der Waals surface area (Å²) in [5.74, 6) is 0.259. The molecule has 1 aromatic carbocycles. The van der Waals surface area contributed by atoms with E-state index in [0.717, 1.165) is 12.0 Å². The normalized spacial score (nSPS) is 11.2. The third-order valence-corrected chi connectivity index (χ3v) is 2.89. The predicted molar refractivity (Wildman–Crippen MR) is 86.5 cm³/mol. The van der Waals surface area contributed by atoms with Gasteiger partial charge in [-0.1, -0.05) is 20.8 Å². The minimum Gasteiger partial charge on any atom is -0.302 e. The number of Topliss-reactive ketones (excluding diaryl/α,β-unsaturated/α-hetero) is 1. The van der Waals surface area contributed by atoms with E-state index < -0.39 is 0 Å². The predicted octanol–water partition coefficient (Wildman–Crippen LogP) is 3.84. The van der Waals surface area contributed by atoms with E-state index in [1.807, 2.05) is 45.0 Å². The maximum absolute atomic E-state index is 12.6. The van der Waals surface area contributed by atoms with Gasteiger partial charge < -0.3 is 5.32 Å². The Morgan fingerprint density at radius 1 is 1.00 bits per heavy atom. The molecule has 0 bridgehead atoms. The second kappa shape index (κ2) is 15.5. The zero-order valence-electron chi connectivity index (χ0n) is 15.6. The Kier molecular flexibility index (Phi) is 23.5. The fraction of sp³-hybridized carbons (Fsp3) is 0.556. The summed E-state index contributed by atoms with van der Waals surface area (Å²) < 4.78 is 0. The molecule has 0 aliphatic heterocycles. The van der Waals surface area contributed by atoms with Gasteiger partial charge in [-0.2, -0.15) is 35.9 Å². The Morgan fingerprint density at radius 3 is 1.75 bits per heavy atom. The van der Waals surface area contributed by atoms with Gasteiger partial charge in [0.15, 0.2) is 5.78 Å². The van der Waals surface area contributed by atoms with Gasteiger partial charge in [0.2, 0.25) is 0 Å². The van der Waals surface area contributed by atoms with Gasteiger partial charge in [0.1, 0.15) is 0 Å². The van der Waals surface area contributed by atoms with Crippen molar-refractivity contribution < 1.29 is 89.1 Å². The minimum atomic E-state index is -0.330. The number of hydrogen-bond acceptors (Lipinski definition) is 2. The maximum Gasteiger partial charge on any atom is 0.155 e. The Labute approximate surface area is 206 Å². The Bertz CT molecular complexity index is 425. The summed E-state index contributed by atoms with van der Waals surface area (Å²) in [5.41, 5.74) is 0.758. The molecule has 0 radical (unpaired) electrons. The van der Waals surface area contributed by atoms with Crippen LogP contribution in [0.15, 0.2) is 24.3 Å². The molecule has 2 nitrogen and oxygen atoms in total. The Hall–Kier alpha value is 1.47. The van der Waals surface area contributed by atoms with Crippen LogP contribution >= 0.6 is 0 Å². The van der Waals surface area contributed by atoms with Crippen molar-refractivity contribution in [2.24, 2.45) is 5.41 Å². The molecular formula is C18H29NOW4. The van der Waals surface area contributed by atoms with Gasteiger partial charge in [-0.05, 0) is 27.2 Å². The molecule has 0 saturated heterocycles. The van der Waals surface area contributed by atoms with Crippen molar-refractivity contribution in [1.82, 2.24) is 5.32 Å². The molecule has 1 atom stereocenters. The molecule has 1 aromatic rings. The van der Waals surface area contributed by atoms with Gasteiger partial charge >= 0.3 is 0 Å². The van der Waals surface area contributed by atoms with Gasteiger partial charge in [-0.3, -0.25) is 4.79 Å². The zero-order chi connectivity index (χ0) is 14.7. The number of rotatable bonds is 4. The van der Waals surface area contributed by atoms with Crippen LogP contribution in [0.2, 0.25) is 0 Å². The van der Waals surface area contributed by atoms with E-state index >= 15 is 0 Å². The first-order valence-corrected chi connectivity index (χ1v) is 6.86. The first-order chi connectivity index (χ1) is 8.59. The molecule has 0 unspecified atom stereocenters. The third kappa shape index (κ3) is 14.6. The van der Waals surface area contributed by atoms with Crippen molar-refractivity contribution in [3.05, 3.63) is 43.3 Å². The average molecular weight is 1010 g/mol. The number of carbonyl (C=O) groups is 1. The zero-order valence-corrected chi connectivity index (χ0v) is 27.4. The van der Waals surface area contributed by atoms with E-state index in [4.69, 9.17) is 0 Å².